The molecular weight excluding hydrogens is 290 g/mol. The van der Waals surface area contributed by atoms with E-state index in [0.29, 0.717) is 12.5 Å². The van der Waals surface area contributed by atoms with E-state index in [0.717, 1.165) is 31.4 Å². The molecule has 1 aliphatic heterocycles. The predicted octanol–water partition coefficient (Wildman–Crippen LogP) is 1.29. The van der Waals surface area contributed by atoms with Crippen molar-refractivity contribution in [2.75, 3.05) is 26.5 Å². The summed E-state index contributed by atoms with van der Waals surface area (Å²) in [5.74, 6) is 1.41. The molecule has 21 heavy (non-hydrogen) atoms. The van der Waals surface area contributed by atoms with Gasteiger partial charge in [-0.15, -0.1) is 0 Å². The standard InChI is InChI=1S/C15H21NO4S/c1-19-12-5-6-13-10(7-12)3-4-11-8-16-9-14(15(11)13)20-21(2,17)18/h5-7,11,14-16H,3-4,8-9H2,1-2H3. The quantitative estimate of drug-likeness (QED) is 0.852. The first-order valence-electron chi connectivity index (χ1n) is 7.24. The Kier molecular flexibility index (Phi) is 3.94. The normalized spacial score (nSPS) is 28.6. The topological polar surface area (TPSA) is 64.6 Å². The third-order valence-electron chi connectivity index (χ3n) is 4.45. The van der Waals surface area contributed by atoms with Crippen molar-refractivity contribution >= 4 is 10.1 Å². The van der Waals surface area contributed by atoms with Crippen molar-refractivity contribution in [1.82, 2.24) is 5.32 Å². The van der Waals surface area contributed by atoms with Crippen LogP contribution < -0.4 is 10.1 Å². The van der Waals surface area contributed by atoms with Gasteiger partial charge < -0.3 is 10.1 Å². The molecule has 2 aliphatic rings. The number of methoxy groups -OCH3 is 1. The van der Waals surface area contributed by atoms with E-state index in [2.05, 4.69) is 17.4 Å². The molecule has 0 spiro atoms. The largest absolute Gasteiger partial charge is 0.497 e. The molecule has 0 aromatic heterocycles. The van der Waals surface area contributed by atoms with Gasteiger partial charge in [0.15, 0.2) is 0 Å². The molecule has 1 aromatic carbocycles. The molecule has 1 aliphatic carbocycles. The summed E-state index contributed by atoms with van der Waals surface area (Å²) in [7, 11) is -1.79. The van der Waals surface area contributed by atoms with Crippen molar-refractivity contribution in [2.45, 2.75) is 24.9 Å². The van der Waals surface area contributed by atoms with E-state index >= 15 is 0 Å². The van der Waals surface area contributed by atoms with Crippen LogP contribution in [0.4, 0.5) is 0 Å². The molecule has 1 fully saturated rings. The van der Waals surface area contributed by atoms with Crippen LogP contribution in [0.15, 0.2) is 18.2 Å². The highest BCUT2D eigenvalue weighted by Crippen LogP contribution is 2.42. The van der Waals surface area contributed by atoms with Gasteiger partial charge in [0.1, 0.15) is 5.75 Å². The molecule has 1 N–H and O–H groups in total. The number of benzene rings is 1. The zero-order chi connectivity index (χ0) is 15.0. The summed E-state index contributed by atoms with van der Waals surface area (Å²) in [6, 6.07) is 6.07. The first kappa shape index (κ1) is 14.8. The molecular formula is C15H21NO4S. The van der Waals surface area contributed by atoms with Crippen molar-refractivity contribution in [2.24, 2.45) is 5.92 Å². The average Bonchev–Trinajstić information content (AvgIpc) is 2.45. The Labute approximate surface area is 125 Å². The van der Waals surface area contributed by atoms with Crippen molar-refractivity contribution in [1.29, 1.82) is 0 Å². The van der Waals surface area contributed by atoms with Crippen molar-refractivity contribution in [3.63, 3.8) is 0 Å². The Morgan fingerprint density at radius 2 is 2.10 bits per heavy atom. The number of ether oxygens (including phenoxy) is 1. The van der Waals surface area contributed by atoms with Crippen molar-refractivity contribution in [3.8, 4) is 5.75 Å². The number of nitrogens with one attached hydrogen (secondary N) is 1. The summed E-state index contributed by atoms with van der Waals surface area (Å²) in [5.41, 5.74) is 2.46. The van der Waals surface area contributed by atoms with Gasteiger partial charge in [-0.05, 0) is 48.6 Å². The maximum atomic E-state index is 11.5. The molecule has 1 aromatic rings. The first-order valence-corrected chi connectivity index (χ1v) is 9.05. The van der Waals surface area contributed by atoms with Crippen LogP contribution in [0.5, 0.6) is 5.75 Å². The van der Waals surface area contributed by atoms with Gasteiger partial charge in [0.05, 0.1) is 19.5 Å². The summed E-state index contributed by atoms with van der Waals surface area (Å²) < 4.78 is 33.7. The van der Waals surface area contributed by atoms with E-state index < -0.39 is 10.1 Å². The predicted molar refractivity (Wildman–Crippen MR) is 80.1 cm³/mol. The lowest BCUT2D eigenvalue weighted by molar-refractivity contribution is 0.106. The second-order valence-electron chi connectivity index (χ2n) is 5.89. The zero-order valence-electron chi connectivity index (χ0n) is 12.3. The van der Waals surface area contributed by atoms with Crippen LogP contribution >= 0.6 is 0 Å². The highest BCUT2D eigenvalue weighted by Gasteiger charge is 2.40. The molecule has 0 amide bonds. The summed E-state index contributed by atoms with van der Waals surface area (Å²) in [5, 5.41) is 3.30. The molecule has 0 bridgehead atoms. The third-order valence-corrected chi connectivity index (χ3v) is 5.05. The average molecular weight is 311 g/mol. The molecule has 1 saturated heterocycles. The fourth-order valence-electron chi connectivity index (χ4n) is 3.61. The van der Waals surface area contributed by atoms with Gasteiger partial charge in [-0.3, -0.25) is 4.18 Å². The molecule has 116 valence electrons. The van der Waals surface area contributed by atoms with Crippen LogP contribution in [-0.4, -0.2) is 41.0 Å². The number of hydrogen-bond donors (Lipinski definition) is 1. The van der Waals surface area contributed by atoms with E-state index in [1.54, 1.807) is 7.11 Å². The van der Waals surface area contributed by atoms with Crippen LogP contribution in [0.3, 0.4) is 0 Å². The van der Waals surface area contributed by atoms with E-state index in [1.807, 2.05) is 6.07 Å². The lowest BCUT2D eigenvalue weighted by Crippen LogP contribution is -2.49. The smallest absolute Gasteiger partial charge is 0.264 e. The molecule has 6 heteroatoms. The number of rotatable bonds is 3. The van der Waals surface area contributed by atoms with E-state index in [1.165, 1.54) is 11.1 Å². The highest BCUT2D eigenvalue weighted by atomic mass is 32.2. The summed E-state index contributed by atoms with van der Waals surface area (Å²) in [6.45, 7) is 1.49. The van der Waals surface area contributed by atoms with E-state index in [9.17, 15) is 8.42 Å². The zero-order valence-corrected chi connectivity index (χ0v) is 13.2. The van der Waals surface area contributed by atoms with Gasteiger partial charge in [0.25, 0.3) is 10.1 Å². The molecule has 5 nitrogen and oxygen atoms in total. The minimum Gasteiger partial charge on any atom is -0.497 e. The van der Waals surface area contributed by atoms with Crippen LogP contribution in [0, 0.1) is 5.92 Å². The Hall–Kier alpha value is -1.11. The Morgan fingerprint density at radius 3 is 2.81 bits per heavy atom. The SMILES string of the molecule is COc1ccc2c(c1)CCC1CNCC(OS(C)(=O)=O)C21. The summed E-state index contributed by atoms with van der Waals surface area (Å²) >= 11 is 0. The molecule has 0 saturated carbocycles. The van der Waals surface area contributed by atoms with Crippen molar-refractivity contribution in [3.05, 3.63) is 29.3 Å². The second-order valence-corrected chi connectivity index (χ2v) is 7.49. The lowest BCUT2D eigenvalue weighted by atomic mass is 9.71. The highest BCUT2D eigenvalue weighted by molar-refractivity contribution is 7.86. The molecule has 0 radical (unpaired) electrons. The van der Waals surface area contributed by atoms with E-state index in [-0.39, 0.29) is 12.0 Å². The molecule has 3 atom stereocenters. The number of piperidine rings is 1. The lowest BCUT2D eigenvalue weighted by Gasteiger charge is -2.42. The van der Waals surface area contributed by atoms with Crippen molar-refractivity contribution < 1.29 is 17.3 Å². The Balaban J connectivity index is 1.96. The Morgan fingerprint density at radius 1 is 1.29 bits per heavy atom. The molecule has 3 rings (SSSR count). The molecule has 3 unspecified atom stereocenters. The first-order chi connectivity index (χ1) is 9.98. The van der Waals surface area contributed by atoms with Gasteiger partial charge in [0.2, 0.25) is 0 Å². The van der Waals surface area contributed by atoms with E-state index in [4.69, 9.17) is 8.92 Å². The maximum Gasteiger partial charge on any atom is 0.264 e. The summed E-state index contributed by atoms with van der Waals surface area (Å²) in [6.07, 6.45) is 2.84. The molecule has 1 heterocycles. The fraction of sp³-hybridized carbons (Fsp3) is 0.600. The second kappa shape index (κ2) is 5.59. The third kappa shape index (κ3) is 3.07. The van der Waals surface area contributed by atoms with Gasteiger partial charge in [0, 0.05) is 12.5 Å². The minimum absolute atomic E-state index is 0.135. The van der Waals surface area contributed by atoms with Gasteiger partial charge in [-0.1, -0.05) is 6.07 Å². The fourth-order valence-corrected chi connectivity index (χ4v) is 4.25. The van der Waals surface area contributed by atoms with Gasteiger partial charge in [-0.25, -0.2) is 0 Å². The van der Waals surface area contributed by atoms with Gasteiger partial charge in [-0.2, -0.15) is 8.42 Å². The van der Waals surface area contributed by atoms with Crippen LogP contribution in [0.1, 0.15) is 23.5 Å². The summed E-state index contributed by atoms with van der Waals surface area (Å²) in [4.78, 5) is 0. The van der Waals surface area contributed by atoms with Crippen LogP contribution in [0.25, 0.3) is 0 Å². The monoisotopic (exact) mass is 311 g/mol. The minimum atomic E-state index is -3.45. The Bertz CT molecular complexity index is 629. The van der Waals surface area contributed by atoms with Crippen LogP contribution in [-0.2, 0) is 20.7 Å². The number of hydrogen-bond acceptors (Lipinski definition) is 5. The van der Waals surface area contributed by atoms with Crippen LogP contribution in [0.2, 0.25) is 0 Å². The number of aryl methyl sites for hydroxylation is 1. The van der Waals surface area contributed by atoms with Gasteiger partial charge >= 0.3 is 0 Å². The maximum absolute atomic E-state index is 11.5. The number of fused-ring (bicyclic) bond motifs is 3.